The van der Waals surface area contributed by atoms with Crippen LogP contribution in [0.15, 0.2) is 24.3 Å². The van der Waals surface area contributed by atoms with Crippen LogP contribution >= 0.6 is 0 Å². The van der Waals surface area contributed by atoms with E-state index in [9.17, 15) is 10.4 Å². The molecule has 1 heterocycles. The third kappa shape index (κ3) is 2.27. The standard InChI is InChI=1S/C16H19NO2/c17-10-16(8-3-9-19-11-16)15(18)14-5-2-1-4-13(14)12-6-7-12/h1-2,4-5,12,15,18H,3,6-9,11H2. The van der Waals surface area contributed by atoms with Crippen molar-refractivity contribution in [2.45, 2.75) is 37.7 Å². The lowest BCUT2D eigenvalue weighted by atomic mass is 9.75. The second-order valence-corrected chi connectivity index (χ2v) is 5.73. The smallest absolute Gasteiger partial charge is 0.111 e. The molecule has 2 aliphatic rings. The summed E-state index contributed by atoms with van der Waals surface area (Å²) in [4.78, 5) is 0. The number of rotatable bonds is 3. The number of nitrogens with zero attached hydrogens (tertiary/aromatic N) is 1. The monoisotopic (exact) mass is 257 g/mol. The second-order valence-electron chi connectivity index (χ2n) is 5.73. The second kappa shape index (κ2) is 4.96. The van der Waals surface area contributed by atoms with Gasteiger partial charge in [-0.25, -0.2) is 0 Å². The Kier molecular flexibility index (Phi) is 3.30. The van der Waals surface area contributed by atoms with Gasteiger partial charge in [-0.15, -0.1) is 0 Å². The summed E-state index contributed by atoms with van der Waals surface area (Å²) in [5, 5.41) is 20.3. The Balaban J connectivity index is 1.94. The van der Waals surface area contributed by atoms with Crippen LogP contribution in [0.2, 0.25) is 0 Å². The van der Waals surface area contributed by atoms with Gasteiger partial charge in [0.25, 0.3) is 0 Å². The normalized spacial score (nSPS) is 28.6. The van der Waals surface area contributed by atoms with E-state index >= 15 is 0 Å². The Hall–Kier alpha value is -1.37. The summed E-state index contributed by atoms with van der Waals surface area (Å²) in [5.74, 6) is 0.575. The zero-order valence-electron chi connectivity index (χ0n) is 11.0. The minimum atomic E-state index is -0.775. The van der Waals surface area contributed by atoms with Gasteiger partial charge in [0.05, 0.1) is 12.7 Å². The molecule has 100 valence electrons. The van der Waals surface area contributed by atoms with E-state index in [1.807, 2.05) is 18.2 Å². The van der Waals surface area contributed by atoms with Gasteiger partial charge in [-0.05, 0) is 42.7 Å². The van der Waals surface area contributed by atoms with Gasteiger partial charge in [0, 0.05) is 6.61 Å². The highest BCUT2D eigenvalue weighted by molar-refractivity contribution is 5.37. The van der Waals surface area contributed by atoms with E-state index in [-0.39, 0.29) is 0 Å². The summed E-state index contributed by atoms with van der Waals surface area (Å²) < 4.78 is 5.45. The average Bonchev–Trinajstić information content (AvgIpc) is 3.32. The van der Waals surface area contributed by atoms with E-state index in [1.165, 1.54) is 18.4 Å². The molecule has 1 aromatic rings. The van der Waals surface area contributed by atoms with E-state index in [2.05, 4.69) is 12.1 Å². The van der Waals surface area contributed by atoms with Gasteiger partial charge in [-0.2, -0.15) is 5.26 Å². The highest BCUT2D eigenvalue weighted by atomic mass is 16.5. The maximum absolute atomic E-state index is 10.8. The molecular weight excluding hydrogens is 238 g/mol. The fraction of sp³-hybridized carbons (Fsp3) is 0.562. The third-order valence-electron chi connectivity index (χ3n) is 4.33. The fourth-order valence-electron chi connectivity index (χ4n) is 3.00. The number of nitriles is 1. The minimum absolute atomic E-state index is 0.337. The van der Waals surface area contributed by atoms with E-state index in [4.69, 9.17) is 4.74 Å². The lowest BCUT2D eigenvalue weighted by molar-refractivity contribution is -0.0508. The topological polar surface area (TPSA) is 53.2 Å². The van der Waals surface area contributed by atoms with Gasteiger partial charge in [0.1, 0.15) is 11.5 Å². The van der Waals surface area contributed by atoms with E-state index in [1.54, 1.807) is 0 Å². The van der Waals surface area contributed by atoms with Gasteiger partial charge in [-0.1, -0.05) is 24.3 Å². The van der Waals surface area contributed by atoms with Crippen molar-refractivity contribution in [2.24, 2.45) is 5.41 Å². The molecule has 0 spiro atoms. The molecule has 2 fully saturated rings. The van der Waals surface area contributed by atoms with Crippen LogP contribution in [0.1, 0.15) is 48.8 Å². The summed E-state index contributed by atoms with van der Waals surface area (Å²) in [6, 6.07) is 10.3. The number of aliphatic hydroxyl groups is 1. The van der Waals surface area contributed by atoms with Gasteiger partial charge in [-0.3, -0.25) is 0 Å². The highest BCUT2D eigenvalue weighted by Gasteiger charge is 2.43. The summed E-state index contributed by atoms with van der Waals surface area (Å²) in [7, 11) is 0. The molecule has 2 atom stereocenters. The molecular formula is C16H19NO2. The molecule has 3 heteroatoms. The Morgan fingerprint density at radius 2 is 2.16 bits per heavy atom. The van der Waals surface area contributed by atoms with Crippen LogP contribution in [0.4, 0.5) is 0 Å². The van der Waals surface area contributed by atoms with Crippen LogP contribution in [0.3, 0.4) is 0 Å². The first-order chi connectivity index (χ1) is 9.27. The van der Waals surface area contributed by atoms with Gasteiger partial charge in [0.2, 0.25) is 0 Å². The van der Waals surface area contributed by atoms with Crippen LogP contribution in [-0.4, -0.2) is 18.3 Å². The molecule has 0 bridgehead atoms. The summed E-state index contributed by atoms with van der Waals surface area (Å²) in [6.07, 6.45) is 3.20. The van der Waals surface area contributed by atoms with Crippen molar-refractivity contribution in [3.05, 3.63) is 35.4 Å². The predicted octanol–water partition coefficient (Wildman–Crippen LogP) is 2.92. The van der Waals surface area contributed by atoms with Gasteiger partial charge in [0.15, 0.2) is 0 Å². The summed E-state index contributed by atoms with van der Waals surface area (Å²) in [5.41, 5.74) is 1.37. The van der Waals surface area contributed by atoms with Crippen molar-refractivity contribution in [2.75, 3.05) is 13.2 Å². The van der Waals surface area contributed by atoms with Crippen LogP contribution in [0, 0.1) is 16.7 Å². The molecule has 3 nitrogen and oxygen atoms in total. The molecule has 0 amide bonds. The van der Waals surface area contributed by atoms with E-state index in [0.29, 0.717) is 25.6 Å². The largest absolute Gasteiger partial charge is 0.387 e. The minimum Gasteiger partial charge on any atom is -0.387 e. The third-order valence-corrected chi connectivity index (χ3v) is 4.33. The molecule has 0 aromatic heterocycles. The molecule has 2 unspecified atom stereocenters. The van der Waals surface area contributed by atoms with Crippen molar-refractivity contribution in [3.8, 4) is 6.07 Å². The van der Waals surface area contributed by atoms with Crippen molar-refractivity contribution in [1.29, 1.82) is 5.26 Å². The Bertz CT molecular complexity index is 496. The van der Waals surface area contributed by atoms with Crippen LogP contribution in [0.5, 0.6) is 0 Å². The van der Waals surface area contributed by atoms with Crippen molar-refractivity contribution < 1.29 is 9.84 Å². The Morgan fingerprint density at radius 1 is 1.37 bits per heavy atom. The molecule has 1 saturated heterocycles. The maximum atomic E-state index is 10.8. The van der Waals surface area contributed by atoms with Crippen LogP contribution in [-0.2, 0) is 4.74 Å². The van der Waals surface area contributed by atoms with Crippen molar-refractivity contribution in [1.82, 2.24) is 0 Å². The van der Waals surface area contributed by atoms with Crippen molar-refractivity contribution in [3.63, 3.8) is 0 Å². The lowest BCUT2D eigenvalue weighted by Crippen LogP contribution is -2.36. The van der Waals surface area contributed by atoms with Crippen molar-refractivity contribution >= 4 is 0 Å². The first-order valence-corrected chi connectivity index (χ1v) is 7.03. The molecule has 1 N–H and O–H groups in total. The van der Waals surface area contributed by atoms with Crippen LogP contribution in [0.25, 0.3) is 0 Å². The molecule has 1 aliphatic carbocycles. The number of hydrogen-bond acceptors (Lipinski definition) is 3. The SMILES string of the molecule is N#CC1(C(O)c2ccccc2C2CC2)CCCOC1. The summed E-state index contributed by atoms with van der Waals surface area (Å²) in [6.45, 7) is 1.03. The Morgan fingerprint density at radius 3 is 2.79 bits per heavy atom. The zero-order valence-corrected chi connectivity index (χ0v) is 11.0. The number of benzene rings is 1. The molecule has 1 aromatic carbocycles. The molecule has 0 radical (unpaired) electrons. The predicted molar refractivity (Wildman–Crippen MR) is 71.5 cm³/mol. The highest BCUT2D eigenvalue weighted by Crippen LogP contribution is 2.47. The van der Waals surface area contributed by atoms with Gasteiger partial charge < -0.3 is 9.84 Å². The number of aliphatic hydroxyl groups excluding tert-OH is 1. The molecule has 1 aliphatic heterocycles. The average molecular weight is 257 g/mol. The Labute approximate surface area is 113 Å². The first kappa shape index (κ1) is 12.7. The lowest BCUT2D eigenvalue weighted by Gasteiger charge is -2.35. The number of hydrogen-bond donors (Lipinski definition) is 1. The number of ether oxygens (including phenoxy) is 1. The van der Waals surface area contributed by atoms with Crippen LogP contribution < -0.4 is 0 Å². The zero-order chi connectivity index (χ0) is 13.3. The maximum Gasteiger partial charge on any atom is 0.111 e. The fourth-order valence-corrected chi connectivity index (χ4v) is 3.00. The van der Waals surface area contributed by atoms with Gasteiger partial charge >= 0.3 is 0 Å². The summed E-state index contributed by atoms with van der Waals surface area (Å²) >= 11 is 0. The molecule has 1 saturated carbocycles. The first-order valence-electron chi connectivity index (χ1n) is 7.03. The molecule has 19 heavy (non-hydrogen) atoms. The quantitative estimate of drug-likeness (QED) is 0.905. The van der Waals surface area contributed by atoms with E-state index in [0.717, 1.165) is 12.0 Å². The molecule has 3 rings (SSSR count). The van der Waals surface area contributed by atoms with E-state index < -0.39 is 11.5 Å².